The van der Waals surface area contributed by atoms with Gasteiger partial charge < -0.3 is 5.32 Å². The maximum absolute atomic E-state index is 12.8. The number of aromatic nitrogens is 2. The SMILES string of the molecule is CNCCC1CCCCN1S(=O)(=O)c1c(Cl)cnn1C. The number of sulfonamides is 1. The van der Waals surface area contributed by atoms with Gasteiger partial charge in [-0.3, -0.25) is 4.68 Å². The van der Waals surface area contributed by atoms with Crippen molar-refractivity contribution in [1.29, 1.82) is 0 Å². The van der Waals surface area contributed by atoms with E-state index in [4.69, 9.17) is 11.6 Å². The van der Waals surface area contributed by atoms with Crippen LogP contribution >= 0.6 is 11.6 Å². The smallest absolute Gasteiger partial charge is 0.261 e. The Bertz CT molecular complexity index is 538. The number of hydrogen-bond donors (Lipinski definition) is 1. The minimum absolute atomic E-state index is 0.0344. The van der Waals surface area contributed by atoms with Gasteiger partial charge in [0.1, 0.15) is 0 Å². The molecular formula is C12H21ClN4O2S. The molecule has 8 heteroatoms. The zero-order valence-corrected chi connectivity index (χ0v) is 13.4. The van der Waals surface area contributed by atoms with E-state index in [1.165, 1.54) is 10.9 Å². The summed E-state index contributed by atoms with van der Waals surface area (Å²) in [5.74, 6) is 0. The summed E-state index contributed by atoms with van der Waals surface area (Å²) in [5.41, 5.74) is 0. The van der Waals surface area contributed by atoms with Crippen LogP contribution in [0.2, 0.25) is 5.02 Å². The fourth-order valence-corrected chi connectivity index (χ4v) is 5.02. The van der Waals surface area contributed by atoms with E-state index in [9.17, 15) is 8.42 Å². The van der Waals surface area contributed by atoms with Crippen LogP contribution in [0.4, 0.5) is 0 Å². The largest absolute Gasteiger partial charge is 0.320 e. The number of halogens is 1. The molecule has 0 radical (unpaired) electrons. The van der Waals surface area contributed by atoms with Gasteiger partial charge in [-0.05, 0) is 32.9 Å². The highest BCUT2D eigenvalue weighted by molar-refractivity contribution is 7.89. The molecule has 1 fully saturated rings. The average Bonchev–Trinajstić information content (AvgIpc) is 2.76. The van der Waals surface area contributed by atoms with Gasteiger partial charge >= 0.3 is 0 Å². The Kier molecular flexibility index (Phi) is 5.06. The number of piperidine rings is 1. The van der Waals surface area contributed by atoms with Crippen LogP contribution in [0.25, 0.3) is 0 Å². The van der Waals surface area contributed by atoms with E-state index in [-0.39, 0.29) is 16.1 Å². The van der Waals surface area contributed by atoms with Gasteiger partial charge in [0.15, 0.2) is 5.03 Å². The lowest BCUT2D eigenvalue weighted by Crippen LogP contribution is -2.45. The lowest BCUT2D eigenvalue weighted by molar-refractivity contribution is 0.239. The molecule has 6 nitrogen and oxygen atoms in total. The molecule has 1 aliphatic rings. The molecule has 1 saturated heterocycles. The van der Waals surface area contributed by atoms with Crippen LogP contribution in [-0.4, -0.2) is 48.7 Å². The molecule has 0 spiro atoms. The van der Waals surface area contributed by atoms with Crippen LogP contribution in [0, 0.1) is 0 Å². The molecule has 0 aromatic carbocycles. The second-order valence-electron chi connectivity index (χ2n) is 5.08. The minimum Gasteiger partial charge on any atom is -0.320 e. The van der Waals surface area contributed by atoms with Gasteiger partial charge in [-0.25, -0.2) is 8.42 Å². The molecule has 1 N–H and O–H groups in total. The molecular weight excluding hydrogens is 300 g/mol. The first-order valence-electron chi connectivity index (χ1n) is 6.82. The molecule has 0 bridgehead atoms. The molecule has 0 saturated carbocycles. The van der Waals surface area contributed by atoms with E-state index in [1.807, 2.05) is 7.05 Å². The van der Waals surface area contributed by atoms with E-state index in [0.29, 0.717) is 6.54 Å². The lowest BCUT2D eigenvalue weighted by atomic mass is 10.0. The molecule has 2 rings (SSSR count). The highest BCUT2D eigenvalue weighted by atomic mass is 35.5. The van der Waals surface area contributed by atoms with E-state index in [0.717, 1.165) is 32.2 Å². The van der Waals surface area contributed by atoms with Crippen LogP contribution < -0.4 is 5.32 Å². The van der Waals surface area contributed by atoms with Crippen LogP contribution in [-0.2, 0) is 17.1 Å². The normalized spacial score (nSPS) is 21.2. The van der Waals surface area contributed by atoms with Gasteiger partial charge in [0, 0.05) is 19.6 Å². The van der Waals surface area contributed by atoms with Gasteiger partial charge in [-0.2, -0.15) is 9.40 Å². The summed E-state index contributed by atoms with van der Waals surface area (Å²) in [7, 11) is -0.108. The van der Waals surface area contributed by atoms with Crippen molar-refractivity contribution in [2.75, 3.05) is 20.1 Å². The third kappa shape index (κ3) is 3.00. The van der Waals surface area contributed by atoms with Crippen LogP contribution in [0.1, 0.15) is 25.7 Å². The summed E-state index contributed by atoms with van der Waals surface area (Å²) >= 11 is 6.00. The first-order chi connectivity index (χ1) is 9.48. The zero-order chi connectivity index (χ0) is 14.8. The second-order valence-corrected chi connectivity index (χ2v) is 7.29. The van der Waals surface area contributed by atoms with Gasteiger partial charge in [-0.1, -0.05) is 18.0 Å². The summed E-state index contributed by atoms with van der Waals surface area (Å²) in [4.78, 5) is 0. The number of rotatable bonds is 5. The number of aryl methyl sites for hydroxylation is 1. The van der Waals surface area contributed by atoms with Crippen molar-refractivity contribution in [3.63, 3.8) is 0 Å². The molecule has 0 amide bonds. The molecule has 1 aromatic heterocycles. The summed E-state index contributed by atoms with van der Waals surface area (Å²) in [6, 6.07) is 0.0344. The maximum atomic E-state index is 12.8. The Morgan fingerprint density at radius 1 is 1.50 bits per heavy atom. The van der Waals surface area contributed by atoms with E-state index < -0.39 is 10.0 Å². The highest BCUT2D eigenvalue weighted by Gasteiger charge is 2.36. The summed E-state index contributed by atoms with van der Waals surface area (Å²) in [5, 5.41) is 7.29. The topological polar surface area (TPSA) is 67.2 Å². The van der Waals surface area contributed by atoms with Gasteiger partial charge in [0.2, 0.25) is 0 Å². The first kappa shape index (κ1) is 15.8. The van der Waals surface area contributed by atoms with Crippen molar-refractivity contribution >= 4 is 21.6 Å². The minimum atomic E-state index is -3.59. The first-order valence-corrected chi connectivity index (χ1v) is 8.64. The standard InChI is InChI=1S/C12H21ClN4O2S/c1-14-7-6-10-5-3-4-8-17(10)20(18,19)12-11(13)9-15-16(12)2/h9-10,14H,3-8H2,1-2H3. The molecule has 1 atom stereocenters. The van der Waals surface area contributed by atoms with Gasteiger partial charge in [0.25, 0.3) is 10.0 Å². The maximum Gasteiger partial charge on any atom is 0.261 e. The van der Waals surface area contributed by atoms with Crippen molar-refractivity contribution in [2.24, 2.45) is 7.05 Å². The molecule has 1 aromatic rings. The summed E-state index contributed by atoms with van der Waals surface area (Å²) in [6.07, 6.45) is 5.05. The number of hydrogen-bond acceptors (Lipinski definition) is 4. The number of nitrogens with zero attached hydrogens (tertiary/aromatic N) is 3. The second kappa shape index (κ2) is 6.43. The molecule has 20 heavy (non-hydrogen) atoms. The Morgan fingerprint density at radius 3 is 2.85 bits per heavy atom. The number of nitrogens with one attached hydrogen (secondary N) is 1. The summed E-state index contributed by atoms with van der Waals surface area (Å²) < 4.78 is 28.6. The van der Waals surface area contributed by atoms with Gasteiger partial charge in [-0.15, -0.1) is 0 Å². The third-order valence-corrected chi connectivity index (χ3v) is 6.16. The summed E-state index contributed by atoms with van der Waals surface area (Å²) in [6.45, 7) is 1.36. The zero-order valence-electron chi connectivity index (χ0n) is 11.8. The Morgan fingerprint density at radius 2 is 2.25 bits per heavy atom. The lowest BCUT2D eigenvalue weighted by Gasteiger charge is -2.34. The predicted octanol–water partition coefficient (Wildman–Crippen LogP) is 1.23. The van der Waals surface area contributed by atoms with E-state index in [2.05, 4.69) is 10.4 Å². The fourth-order valence-electron chi connectivity index (χ4n) is 2.69. The van der Waals surface area contributed by atoms with E-state index >= 15 is 0 Å². The van der Waals surface area contributed by atoms with Gasteiger partial charge in [0.05, 0.1) is 11.2 Å². The molecule has 1 unspecified atom stereocenters. The molecule has 0 aliphatic carbocycles. The van der Waals surface area contributed by atoms with E-state index in [1.54, 1.807) is 11.4 Å². The molecule has 2 heterocycles. The van der Waals surface area contributed by atoms with Crippen LogP contribution in [0.3, 0.4) is 0 Å². The Balaban J connectivity index is 2.31. The average molecular weight is 321 g/mol. The Hall–Kier alpha value is -0.630. The van der Waals surface area contributed by atoms with Crippen molar-refractivity contribution < 1.29 is 8.42 Å². The quantitative estimate of drug-likeness (QED) is 0.886. The molecule has 1 aliphatic heterocycles. The van der Waals surface area contributed by atoms with Crippen molar-refractivity contribution in [3.05, 3.63) is 11.2 Å². The van der Waals surface area contributed by atoms with Crippen LogP contribution in [0.15, 0.2) is 11.2 Å². The third-order valence-electron chi connectivity index (χ3n) is 3.70. The predicted molar refractivity (Wildman–Crippen MR) is 78.3 cm³/mol. The van der Waals surface area contributed by atoms with Crippen LogP contribution in [0.5, 0.6) is 0 Å². The molecule has 114 valence electrons. The van der Waals surface area contributed by atoms with Crippen molar-refractivity contribution in [1.82, 2.24) is 19.4 Å². The fraction of sp³-hybridized carbons (Fsp3) is 0.750. The van der Waals surface area contributed by atoms with Crippen molar-refractivity contribution in [2.45, 2.75) is 36.8 Å². The Labute approximate surface area is 125 Å². The van der Waals surface area contributed by atoms with Crippen molar-refractivity contribution in [3.8, 4) is 0 Å². The highest BCUT2D eigenvalue weighted by Crippen LogP contribution is 2.30. The monoisotopic (exact) mass is 320 g/mol.